The summed E-state index contributed by atoms with van der Waals surface area (Å²) in [7, 11) is 0. The summed E-state index contributed by atoms with van der Waals surface area (Å²) in [6.07, 6.45) is 0. The van der Waals surface area contributed by atoms with Gasteiger partial charge in [0.2, 0.25) is 0 Å². The molecule has 3 aromatic carbocycles. The van der Waals surface area contributed by atoms with Gasteiger partial charge in [0.15, 0.2) is 11.0 Å². The van der Waals surface area contributed by atoms with Crippen molar-refractivity contribution in [1.29, 1.82) is 0 Å². The van der Waals surface area contributed by atoms with Crippen LogP contribution in [0.2, 0.25) is 10.0 Å². The number of rotatable bonds is 8. The summed E-state index contributed by atoms with van der Waals surface area (Å²) in [5.41, 5.74) is 4.09. The number of carbonyl (C=O) groups excluding carboxylic acids is 1. The monoisotopic (exact) mass is 511 g/mol. The van der Waals surface area contributed by atoms with Crippen LogP contribution >= 0.6 is 35.0 Å². The number of nitrogens with one attached hydrogen (secondary N) is 2. The third-order valence-corrected chi connectivity index (χ3v) is 6.70. The predicted octanol–water partition coefficient (Wildman–Crippen LogP) is 6.17. The summed E-state index contributed by atoms with van der Waals surface area (Å²) in [4.78, 5) is 12.4. The zero-order valence-electron chi connectivity index (χ0n) is 18.5. The summed E-state index contributed by atoms with van der Waals surface area (Å²) in [6.45, 7) is 2.68. The first kappa shape index (κ1) is 24.1. The highest BCUT2D eigenvalue weighted by atomic mass is 35.5. The molecule has 1 heterocycles. The van der Waals surface area contributed by atoms with Crippen molar-refractivity contribution in [2.24, 2.45) is 0 Å². The van der Waals surface area contributed by atoms with Crippen LogP contribution in [0.1, 0.15) is 22.5 Å². The van der Waals surface area contributed by atoms with E-state index in [0.29, 0.717) is 39.0 Å². The zero-order valence-corrected chi connectivity index (χ0v) is 20.8. The lowest BCUT2D eigenvalue weighted by Crippen LogP contribution is -2.35. The molecule has 9 heteroatoms. The number of halogens is 2. The quantitative estimate of drug-likeness (QED) is 0.277. The van der Waals surface area contributed by atoms with Crippen molar-refractivity contribution in [3.8, 4) is 5.69 Å². The Bertz CT molecular complexity index is 1280. The number of hydrogen-bond acceptors (Lipinski definition) is 4. The van der Waals surface area contributed by atoms with Crippen molar-refractivity contribution >= 4 is 41.0 Å². The average Bonchev–Trinajstić information content (AvgIpc) is 3.25. The van der Waals surface area contributed by atoms with Gasteiger partial charge in [0.25, 0.3) is 0 Å². The molecule has 2 amide bonds. The fraction of sp³-hybridized carbons (Fsp3) is 0.160. The zero-order chi connectivity index (χ0) is 23.9. The van der Waals surface area contributed by atoms with Crippen LogP contribution in [0.4, 0.5) is 4.79 Å². The van der Waals surface area contributed by atoms with Gasteiger partial charge in [0.1, 0.15) is 0 Å². The number of urea groups is 1. The average molecular weight is 512 g/mol. The van der Waals surface area contributed by atoms with Crippen LogP contribution in [0.5, 0.6) is 0 Å². The minimum Gasteiger partial charge on any atom is -0.334 e. The maximum absolute atomic E-state index is 12.4. The molecule has 0 atom stereocenters. The van der Waals surface area contributed by atoms with Crippen molar-refractivity contribution in [3.05, 3.63) is 105 Å². The molecule has 0 radical (unpaired) electrons. The SMILES string of the molecule is Cc1ccccc1CSc1nnc(CNC(=O)NCc2ccccc2)n1-c1cc(Cl)ccc1Cl. The Kier molecular flexibility index (Phi) is 8.11. The Morgan fingerprint density at radius 1 is 0.941 bits per heavy atom. The number of thioether (sulfide) groups is 1. The van der Waals surface area contributed by atoms with E-state index in [0.717, 1.165) is 5.56 Å². The summed E-state index contributed by atoms with van der Waals surface area (Å²) < 4.78 is 1.84. The summed E-state index contributed by atoms with van der Waals surface area (Å²) >= 11 is 14.3. The molecule has 0 bridgehead atoms. The van der Waals surface area contributed by atoms with Crippen LogP contribution in [0.15, 0.2) is 78.0 Å². The van der Waals surface area contributed by atoms with E-state index >= 15 is 0 Å². The van der Waals surface area contributed by atoms with Crippen LogP contribution in [0.25, 0.3) is 5.69 Å². The minimum absolute atomic E-state index is 0.168. The molecule has 174 valence electrons. The molecule has 4 rings (SSSR count). The van der Waals surface area contributed by atoms with Crippen molar-refractivity contribution in [2.45, 2.75) is 30.9 Å². The molecule has 0 saturated heterocycles. The minimum atomic E-state index is -0.301. The lowest BCUT2D eigenvalue weighted by atomic mass is 10.1. The van der Waals surface area contributed by atoms with Gasteiger partial charge in [-0.15, -0.1) is 10.2 Å². The van der Waals surface area contributed by atoms with Gasteiger partial charge >= 0.3 is 6.03 Å². The normalized spacial score (nSPS) is 10.8. The molecule has 0 unspecified atom stereocenters. The van der Waals surface area contributed by atoms with Crippen molar-refractivity contribution in [2.75, 3.05) is 0 Å². The first-order valence-electron chi connectivity index (χ1n) is 10.6. The molecule has 0 aliphatic heterocycles. The highest BCUT2D eigenvalue weighted by Crippen LogP contribution is 2.31. The number of nitrogens with zero attached hydrogens (tertiary/aromatic N) is 3. The number of hydrogen-bond donors (Lipinski definition) is 2. The van der Waals surface area contributed by atoms with E-state index < -0.39 is 0 Å². The van der Waals surface area contributed by atoms with Gasteiger partial charge in [0, 0.05) is 17.3 Å². The standard InChI is InChI=1S/C25H23Cl2N5OS/c1-17-7-5-6-10-19(17)16-34-25-31-30-23(32(25)22-13-20(26)11-12-21(22)27)15-29-24(33)28-14-18-8-3-2-4-9-18/h2-13H,14-16H2,1H3,(H2,28,29,33). The maximum Gasteiger partial charge on any atom is 0.315 e. The second-order valence-corrected chi connectivity index (χ2v) is 9.35. The Balaban J connectivity index is 1.52. The first-order chi connectivity index (χ1) is 16.5. The van der Waals surface area contributed by atoms with Crippen molar-refractivity contribution in [3.63, 3.8) is 0 Å². The van der Waals surface area contributed by atoms with E-state index in [4.69, 9.17) is 23.2 Å². The summed E-state index contributed by atoms with van der Waals surface area (Å²) in [5.74, 6) is 1.26. The molecular weight excluding hydrogens is 489 g/mol. The number of carbonyl (C=O) groups is 1. The topological polar surface area (TPSA) is 71.8 Å². The number of aromatic nitrogens is 3. The molecule has 1 aromatic heterocycles. The van der Waals surface area contributed by atoms with Gasteiger partial charge < -0.3 is 10.6 Å². The van der Waals surface area contributed by atoms with Crippen LogP contribution in [0, 0.1) is 6.92 Å². The molecule has 0 spiro atoms. The lowest BCUT2D eigenvalue weighted by molar-refractivity contribution is 0.240. The molecule has 34 heavy (non-hydrogen) atoms. The first-order valence-corrected chi connectivity index (χ1v) is 12.4. The van der Waals surface area contributed by atoms with Gasteiger partial charge in [-0.2, -0.15) is 0 Å². The van der Waals surface area contributed by atoms with Gasteiger partial charge in [0.05, 0.1) is 17.3 Å². The van der Waals surface area contributed by atoms with Crippen molar-refractivity contribution < 1.29 is 4.79 Å². The fourth-order valence-corrected chi connectivity index (χ4v) is 4.73. The van der Waals surface area contributed by atoms with Gasteiger partial charge in [-0.1, -0.05) is 89.6 Å². The Hall–Kier alpha value is -3.00. The predicted molar refractivity (Wildman–Crippen MR) is 138 cm³/mol. The van der Waals surface area contributed by atoms with E-state index in [1.165, 1.54) is 11.1 Å². The lowest BCUT2D eigenvalue weighted by Gasteiger charge is -2.13. The van der Waals surface area contributed by atoms with Crippen LogP contribution in [-0.2, 0) is 18.8 Å². The molecule has 2 N–H and O–H groups in total. The molecule has 0 aliphatic carbocycles. The number of benzene rings is 3. The Morgan fingerprint density at radius 2 is 1.68 bits per heavy atom. The second-order valence-electron chi connectivity index (χ2n) is 7.57. The van der Waals surface area contributed by atoms with E-state index in [-0.39, 0.29) is 12.6 Å². The third kappa shape index (κ3) is 6.11. The van der Waals surface area contributed by atoms with Crippen LogP contribution in [-0.4, -0.2) is 20.8 Å². The van der Waals surface area contributed by atoms with Crippen molar-refractivity contribution in [1.82, 2.24) is 25.4 Å². The highest BCUT2D eigenvalue weighted by Gasteiger charge is 2.18. The van der Waals surface area contributed by atoms with Crippen LogP contribution < -0.4 is 10.6 Å². The molecule has 0 saturated carbocycles. The third-order valence-electron chi connectivity index (χ3n) is 5.17. The number of amides is 2. The summed E-state index contributed by atoms with van der Waals surface area (Å²) in [5, 5.41) is 16.1. The smallest absolute Gasteiger partial charge is 0.315 e. The Morgan fingerprint density at radius 3 is 2.47 bits per heavy atom. The van der Waals surface area contributed by atoms with E-state index in [1.807, 2.05) is 47.0 Å². The largest absolute Gasteiger partial charge is 0.334 e. The molecule has 0 aliphatic rings. The van der Waals surface area contributed by atoms with Gasteiger partial charge in [-0.3, -0.25) is 4.57 Å². The highest BCUT2D eigenvalue weighted by molar-refractivity contribution is 7.98. The van der Waals surface area contributed by atoms with Crippen LogP contribution in [0.3, 0.4) is 0 Å². The summed E-state index contributed by atoms with van der Waals surface area (Å²) in [6, 6.07) is 22.9. The molecule has 4 aromatic rings. The van der Waals surface area contributed by atoms with E-state index in [9.17, 15) is 4.79 Å². The van der Waals surface area contributed by atoms with E-state index in [1.54, 1.807) is 30.0 Å². The second kappa shape index (κ2) is 11.4. The molecule has 6 nitrogen and oxygen atoms in total. The Labute approximate surface area is 212 Å². The fourth-order valence-electron chi connectivity index (χ4n) is 3.32. The van der Waals surface area contributed by atoms with Gasteiger partial charge in [-0.05, 0) is 41.8 Å². The van der Waals surface area contributed by atoms with E-state index in [2.05, 4.69) is 39.9 Å². The molecular formula is C25H23Cl2N5OS. The maximum atomic E-state index is 12.4. The van der Waals surface area contributed by atoms with Gasteiger partial charge in [-0.25, -0.2) is 4.79 Å². The number of aryl methyl sites for hydroxylation is 1. The molecule has 0 fully saturated rings.